The molecule has 2 aromatic rings. The molecular formula is C19H22O4. The Labute approximate surface area is 136 Å². The van der Waals surface area contributed by atoms with Gasteiger partial charge in [-0.15, -0.1) is 0 Å². The zero-order valence-electron chi connectivity index (χ0n) is 13.7. The smallest absolute Gasteiger partial charge is 0.307 e. The van der Waals surface area contributed by atoms with Crippen molar-refractivity contribution in [1.29, 1.82) is 0 Å². The molecular weight excluding hydrogens is 292 g/mol. The van der Waals surface area contributed by atoms with Crippen molar-refractivity contribution in [2.75, 3.05) is 13.7 Å². The van der Waals surface area contributed by atoms with Gasteiger partial charge in [-0.3, -0.25) is 4.79 Å². The summed E-state index contributed by atoms with van der Waals surface area (Å²) in [6.07, 6.45) is 0. The Morgan fingerprint density at radius 3 is 2.35 bits per heavy atom. The summed E-state index contributed by atoms with van der Waals surface area (Å²) in [5.74, 6) is -0.358. The summed E-state index contributed by atoms with van der Waals surface area (Å²) < 4.78 is 10.9. The van der Waals surface area contributed by atoms with E-state index < -0.39 is 11.9 Å². The van der Waals surface area contributed by atoms with E-state index in [4.69, 9.17) is 9.47 Å². The standard InChI is InChI=1S/C19H22O4/c1-4-23-17-12-15(10-11-16(17)22-3)18(13(2)19(20)21)14-8-6-5-7-9-14/h5-13,18H,4H2,1-3H3,(H,20,21). The average molecular weight is 314 g/mol. The van der Waals surface area contributed by atoms with Crippen LogP contribution in [0.25, 0.3) is 0 Å². The molecule has 2 unspecified atom stereocenters. The highest BCUT2D eigenvalue weighted by atomic mass is 16.5. The summed E-state index contributed by atoms with van der Waals surface area (Å²) in [6.45, 7) is 4.15. The van der Waals surface area contributed by atoms with Crippen LogP contribution in [0.5, 0.6) is 11.5 Å². The highest BCUT2D eigenvalue weighted by Crippen LogP contribution is 2.37. The minimum atomic E-state index is -0.826. The minimum Gasteiger partial charge on any atom is -0.493 e. The van der Waals surface area contributed by atoms with Crippen LogP contribution in [0, 0.1) is 5.92 Å². The lowest BCUT2D eigenvalue weighted by molar-refractivity contribution is -0.141. The van der Waals surface area contributed by atoms with Crippen LogP contribution in [0.1, 0.15) is 30.9 Å². The molecule has 4 heteroatoms. The third kappa shape index (κ3) is 3.83. The average Bonchev–Trinajstić information content (AvgIpc) is 2.56. The van der Waals surface area contributed by atoms with Gasteiger partial charge >= 0.3 is 5.97 Å². The summed E-state index contributed by atoms with van der Waals surface area (Å²) in [7, 11) is 1.59. The predicted molar refractivity (Wildman–Crippen MR) is 89.2 cm³/mol. The first-order valence-electron chi connectivity index (χ1n) is 7.67. The molecule has 122 valence electrons. The van der Waals surface area contributed by atoms with Crippen molar-refractivity contribution in [3.8, 4) is 11.5 Å². The summed E-state index contributed by atoms with van der Waals surface area (Å²) in [6, 6.07) is 15.3. The Bertz CT molecular complexity index is 652. The van der Waals surface area contributed by atoms with E-state index >= 15 is 0 Å². The number of benzene rings is 2. The van der Waals surface area contributed by atoms with Crippen LogP contribution in [-0.2, 0) is 4.79 Å². The fourth-order valence-corrected chi connectivity index (χ4v) is 2.73. The van der Waals surface area contributed by atoms with E-state index in [0.29, 0.717) is 18.1 Å². The lowest BCUT2D eigenvalue weighted by Crippen LogP contribution is -2.20. The lowest BCUT2D eigenvalue weighted by Gasteiger charge is -2.23. The molecule has 0 heterocycles. The van der Waals surface area contributed by atoms with Gasteiger partial charge in [0.25, 0.3) is 0 Å². The first kappa shape index (κ1) is 16.9. The maximum Gasteiger partial charge on any atom is 0.307 e. The molecule has 0 radical (unpaired) electrons. The second kappa shape index (κ2) is 7.68. The Kier molecular flexibility index (Phi) is 5.63. The van der Waals surface area contributed by atoms with Crippen LogP contribution in [0.3, 0.4) is 0 Å². The van der Waals surface area contributed by atoms with Crippen LogP contribution in [0.4, 0.5) is 0 Å². The number of hydrogen-bond donors (Lipinski definition) is 1. The largest absolute Gasteiger partial charge is 0.493 e. The van der Waals surface area contributed by atoms with E-state index in [1.807, 2.05) is 55.5 Å². The van der Waals surface area contributed by atoms with Crippen molar-refractivity contribution in [2.24, 2.45) is 5.92 Å². The van der Waals surface area contributed by atoms with E-state index in [9.17, 15) is 9.90 Å². The first-order valence-corrected chi connectivity index (χ1v) is 7.67. The molecule has 23 heavy (non-hydrogen) atoms. The number of carboxylic acids is 1. The molecule has 0 saturated heterocycles. The molecule has 0 aliphatic carbocycles. The van der Waals surface area contributed by atoms with Gasteiger partial charge in [0, 0.05) is 5.92 Å². The third-order valence-corrected chi connectivity index (χ3v) is 3.89. The summed E-state index contributed by atoms with van der Waals surface area (Å²) >= 11 is 0. The lowest BCUT2D eigenvalue weighted by atomic mass is 9.81. The van der Waals surface area contributed by atoms with E-state index in [0.717, 1.165) is 11.1 Å². The topological polar surface area (TPSA) is 55.8 Å². The fourth-order valence-electron chi connectivity index (χ4n) is 2.73. The second-order valence-corrected chi connectivity index (χ2v) is 5.36. The molecule has 2 aromatic carbocycles. The first-order chi connectivity index (χ1) is 11.1. The van der Waals surface area contributed by atoms with Crippen molar-refractivity contribution in [3.05, 3.63) is 59.7 Å². The van der Waals surface area contributed by atoms with Crippen LogP contribution < -0.4 is 9.47 Å². The summed E-state index contributed by atoms with van der Waals surface area (Å²) in [5, 5.41) is 9.49. The van der Waals surface area contributed by atoms with Crippen molar-refractivity contribution in [2.45, 2.75) is 19.8 Å². The van der Waals surface area contributed by atoms with E-state index in [1.54, 1.807) is 14.0 Å². The van der Waals surface area contributed by atoms with Crippen LogP contribution >= 0.6 is 0 Å². The van der Waals surface area contributed by atoms with E-state index in [1.165, 1.54) is 0 Å². The van der Waals surface area contributed by atoms with Crippen molar-refractivity contribution >= 4 is 5.97 Å². The van der Waals surface area contributed by atoms with Gasteiger partial charge in [-0.1, -0.05) is 43.3 Å². The molecule has 4 nitrogen and oxygen atoms in total. The van der Waals surface area contributed by atoms with Gasteiger partial charge in [-0.2, -0.15) is 0 Å². The van der Waals surface area contributed by atoms with E-state index in [-0.39, 0.29) is 5.92 Å². The van der Waals surface area contributed by atoms with Gasteiger partial charge in [0.15, 0.2) is 11.5 Å². The zero-order chi connectivity index (χ0) is 16.8. The quantitative estimate of drug-likeness (QED) is 0.841. The Hall–Kier alpha value is -2.49. The van der Waals surface area contributed by atoms with Gasteiger partial charge in [-0.05, 0) is 30.2 Å². The van der Waals surface area contributed by atoms with Gasteiger partial charge in [0.2, 0.25) is 0 Å². The molecule has 0 aliphatic heterocycles. The van der Waals surface area contributed by atoms with E-state index in [2.05, 4.69) is 0 Å². The molecule has 0 bridgehead atoms. The second-order valence-electron chi connectivity index (χ2n) is 5.36. The monoisotopic (exact) mass is 314 g/mol. The highest BCUT2D eigenvalue weighted by molar-refractivity contribution is 5.72. The predicted octanol–water partition coefficient (Wildman–Crippen LogP) is 3.95. The van der Waals surface area contributed by atoms with Crippen LogP contribution in [0.15, 0.2) is 48.5 Å². The molecule has 0 saturated carbocycles. The minimum absolute atomic E-state index is 0.251. The Morgan fingerprint density at radius 2 is 1.78 bits per heavy atom. The normalized spacial score (nSPS) is 13.2. The molecule has 0 spiro atoms. The Morgan fingerprint density at radius 1 is 1.09 bits per heavy atom. The van der Waals surface area contributed by atoms with Gasteiger partial charge in [-0.25, -0.2) is 0 Å². The summed E-state index contributed by atoms with van der Waals surface area (Å²) in [5.41, 5.74) is 1.87. The number of methoxy groups -OCH3 is 1. The summed E-state index contributed by atoms with van der Waals surface area (Å²) in [4.78, 5) is 11.6. The number of hydrogen-bond acceptors (Lipinski definition) is 3. The molecule has 0 aliphatic rings. The molecule has 0 aromatic heterocycles. The van der Waals surface area contributed by atoms with Crippen molar-refractivity contribution in [1.82, 2.24) is 0 Å². The highest BCUT2D eigenvalue weighted by Gasteiger charge is 2.27. The van der Waals surface area contributed by atoms with Gasteiger partial charge in [0.1, 0.15) is 0 Å². The SMILES string of the molecule is CCOc1cc(C(c2ccccc2)C(C)C(=O)O)ccc1OC. The fraction of sp³-hybridized carbons (Fsp3) is 0.316. The third-order valence-electron chi connectivity index (χ3n) is 3.89. The number of carbonyl (C=O) groups is 1. The van der Waals surface area contributed by atoms with Gasteiger partial charge in [0.05, 0.1) is 19.6 Å². The molecule has 0 amide bonds. The van der Waals surface area contributed by atoms with Crippen LogP contribution in [0.2, 0.25) is 0 Å². The van der Waals surface area contributed by atoms with Crippen LogP contribution in [-0.4, -0.2) is 24.8 Å². The zero-order valence-corrected chi connectivity index (χ0v) is 13.7. The number of aliphatic carboxylic acids is 1. The Balaban J connectivity index is 2.51. The number of carboxylic acid groups (broad SMARTS) is 1. The maximum atomic E-state index is 11.6. The molecule has 1 N–H and O–H groups in total. The molecule has 2 atom stereocenters. The van der Waals surface area contributed by atoms with Gasteiger partial charge < -0.3 is 14.6 Å². The number of ether oxygens (including phenoxy) is 2. The van der Waals surface area contributed by atoms with Crippen molar-refractivity contribution < 1.29 is 19.4 Å². The number of rotatable bonds is 7. The molecule has 2 rings (SSSR count). The van der Waals surface area contributed by atoms with Crippen molar-refractivity contribution in [3.63, 3.8) is 0 Å². The maximum absolute atomic E-state index is 11.6. The molecule has 0 fully saturated rings.